The van der Waals surface area contributed by atoms with E-state index in [0.717, 1.165) is 32.9 Å². The molecule has 2 N–H and O–H groups in total. The van der Waals surface area contributed by atoms with Gasteiger partial charge in [0.1, 0.15) is 0 Å². The summed E-state index contributed by atoms with van der Waals surface area (Å²) in [6.07, 6.45) is 0.918. The lowest BCUT2D eigenvalue weighted by Crippen LogP contribution is -1.97. The van der Waals surface area contributed by atoms with Gasteiger partial charge in [-0.2, -0.15) is 5.10 Å². The minimum absolute atomic E-state index is 0.685. The number of aromatic nitrogens is 2. The molecule has 2 aromatic rings. The van der Waals surface area contributed by atoms with Crippen LogP contribution in [0.5, 0.6) is 0 Å². The minimum atomic E-state index is 0.685. The predicted molar refractivity (Wildman–Crippen MR) is 85.7 cm³/mol. The normalized spacial score (nSPS) is 10.9. The van der Waals surface area contributed by atoms with Gasteiger partial charge in [-0.3, -0.25) is 4.68 Å². The molecule has 6 heteroatoms. The number of anilines is 1. The van der Waals surface area contributed by atoms with Crippen LogP contribution in [0, 0.1) is 0 Å². The first-order chi connectivity index (χ1) is 9.02. The summed E-state index contributed by atoms with van der Waals surface area (Å²) in [4.78, 5) is 1.03. The summed E-state index contributed by atoms with van der Waals surface area (Å²) < 4.78 is 3.01. The summed E-state index contributed by atoms with van der Waals surface area (Å²) in [5, 5.41) is 5.17. The number of nitrogen functional groups attached to an aromatic ring is 1. The van der Waals surface area contributed by atoms with E-state index in [2.05, 4.69) is 28.0 Å². The van der Waals surface area contributed by atoms with Crippen molar-refractivity contribution in [3.05, 3.63) is 39.1 Å². The molecule has 0 aliphatic rings. The Morgan fingerprint density at radius 3 is 2.79 bits per heavy atom. The van der Waals surface area contributed by atoms with Crippen molar-refractivity contribution in [1.29, 1.82) is 0 Å². The maximum atomic E-state index is 6.17. The molecular formula is C13H15BrClN3S. The Hall–Kier alpha value is -0.650. The highest BCUT2D eigenvalue weighted by atomic mass is 79.9. The molecule has 0 atom stereocenters. The van der Waals surface area contributed by atoms with E-state index in [1.165, 1.54) is 0 Å². The molecule has 0 radical (unpaired) electrons. The van der Waals surface area contributed by atoms with E-state index < -0.39 is 0 Å². The SMILES string of the molecule is CCc1nn(C)c(CSc2ccc(N)cc2Cl)c1Br. The Morgan fingerprint density at radius 2 is 2.21 bits per heavy atom. The summed E-state index contributed by atoms with van der Waals surface area (Å²) in [7, 11) is 1.96. The highest BCUT2D eigenvalue weighted by Gasteiger charge is 2.13. The highest BCUT2D eigenvalue weighted by Crippen LogP contribution is 2.33. The quantitative estimate of drug-likeness (QED) is 0.654. The molecule has 102 valence electrons. The topological polar surface area (TPSA) is 43.8 Å². The maximum Gasteiger partial charge on any atom is 0.0767 e. The van der Waals surface area contributed by atoms with Gasteiger partial charge in [-0.25, -0.2) is 0 Å². The minimum Gasteiger partial charge on any atom is -0.399 e. The molecule has 0 saturated heterocycles. The van der Waals surface area contributed by atoms with Crippen LogP contribution in [0.2, 0.25) is 5.02 Å². The summed E-state index contributed by atoms with van der Waals surface area (Å²) in [5.41, 5.74) is 8.62. The molecule has 0 amide bonds. The van der Waals surface area contributed by atoms with Crippen LogP contribution < -0.4 is 5.73 Å². The van der Waals surface area contributed by atoms with Crippen molar-refractivity contribution in [2.24, 2.45) is 7.05 Å². The molecule has 0 fully saturated rings. The van der Waals surface area contributed by atoms with Gasteiger partial charge in [0, 0.05) is 23.4 Å². The molecule has 1 aromatic heterocycles. The Bertz CT molecular complexity index is 598. The first-order valence-electron chi connectivity index (χ1n) is 5.91. The average molecular weight is 361 g/mol. The van der Waals surface area contributed by atoms with Gasteiger partial charge in [0.25, 0.3) is 0 Å². The first kappa shape index (κ1) is 14.8. The number of nitrogens with zero attached hydrogens (tertiary/aromatic N) is 2. The fraction of sp³-hybridized carbons (Fsp3) is 0.308. The number of thioether (sulfide) groups is 1. The van der Waals surface area contributed by atoms with Crippen molar-refractivity contribution in [1.82, 2.24) is 9.78 Å². The summed E-state index contributed by atoms with van der Waals surface area (Å²) in [6, 6.07) is 5.59. The number of hydrogen-bond acceptors (Lipinski definition) is 3. The van der Waals surface area contributed by atoms with E-state index in [0.29, 0.717) is 10.7 Å². The Morgan fingerprint density at radius 1 is 1.47 bits per heavy atom. The second-order valence-electron chi connectivity index (χ2n) is 4.16. The zero-order valence-electron chi connectivity index (χ0n) is 10.8. The third-order valence-electron chi connectivity index (χ3n) is 2.82. The first-order valence-corrected chi connectivity index (χ1v) is 8.06. The smallest absolute Gasteiger partial charge is 0.0767 e. The Kier molecular flexibility index (Phi) is 4.81. The van der Waals surface area contributed by atoms with Crippen LogP contribution in [0.1, 0.15) is 18.3 Å². The molecule has 0 aliphatic heterocycles. The largest absolute Gasteiger partial charge is 0.399 e. The fourth-order valence-electron chi connectivity index (χ4n) is 1.76. The fourth-order valence-corrected chi connectivity index (χ4v) is 4.04. The van der Waals surface area contributed by atoms with Gasteiger partial charge in [-0.15, -0.1) is 11.8 Å². The number of rotatable bonds is 4. The molecule has 0 aliphatic carbocycles. The Labute approximate surface area is 130 Å². The van der Waals surface area contributed by atoms with Crippen LogP contribution in [0.4, 0.5) is 5.69 Å². The van der Waals surface area contributed by atoms with Crippen LogP contribution in [0.15, 0.2) is 27.6 Å². The van der Waals surface area contributed by atoms with Gasteiger partial charge in [0.15, 0.2) is 0 Å². The lowest BCUT2D eigenvalue weighted by atomic mass is 10.3. The average Bonchev–Trinajstić information content (AvgIpc) is 2.64. The third-order valence-corrected chi connectivity index (χ3v) is 5.25. The number of hydrogen-bond donors (Lipinski definition) is 1. The van der Waals surface area contributed by atoms with Gasteiger partial charge in [-0.05, 0) is 40.5 Å². The van der Waals surface area contributed by atoms with E-state index in [9.17, 15) is 0 Å². The van der Waals surface area contributed by atoms with Gasteiger partial charge in [0.2, 0.25) is 0 Å². The second kappa shape index (κ2) is 6.20. The Balaban J connectivity index is 2.16. The van der Waals surface area contributed by atoms with E-state index in [1.54, 1.807) is 17.8 Å². The number of aryl methyl sites for hydroxylation is 2. The van der Waals surface area contributed by atoms with E-state index >= 15 is 0 Å². The van der Waals surface area contributed by atoms with Crippen LogP contribution in [0.3, 0.4) is 0 Å². The summed E-state index contributed by atoms with van der Waals surface area (Å²) in [6.45, 7) is 2.10. The molecule has 3 nitrogen and oxygen atoms in total. The zero-order valence-corrected chi connectivity index (χ0v) is 13.9. The van der Waals surface area contributed by atoms with Crippen molar-refractivity contribution in [2.75, 3.05) is 5.73 Å². The second-order valence-corrected chi connectivity index (χ2v) is 6.38. The van der Waals surface area contributed by atoms with Gasteiger partial charge >= 0.3 is 0 Å². The van der Waals surface area contributed by atoms with Crippen molar-refractivity contribution in [3.63, 3.8) is 0 Å². The maximum absolute atomic E-state index is 6.17. The lowest BCUT2D eigenvalue weighted by molar-refractivity contribution is 0.719. The summed E-state index contributed by atoms with van der Waals surface area (Å²) in [5.74, 6) is 0.813. The number of nitrogens with two attached hydrogens (primary N) is 1. The number of benzene rings is 1. The van der Waals surface area contributed by atoms with E-state index in [1.807, 2.05) is 23.9 Å². The standard InChI is InChI=1S/C13H15BrClN3S/c1-3-10-13(14)11(18(2)17-10)7-19-12-5-4-8(16)6-9(12)15/h4-6H,3,7,16H2,1-2H3. The van der Waals surface area contributed by atoms with Crippen LogP contribution >= 0.6 is 39.3 Å². The molecule has 0 unspecified atom stereocenters. The molecule has 1 heterocycles. The van der Waals surface area contributed by atoms with Crippen LogP contribution in [0.25, 0.3) is 0 Å². The monoisotopic (exact) mass is 359 g/mol. The van der Waals surface area contributed by atoms with Crippen molar-refractivity contribution >= 4 is 45.0 Å². The van der Waals surface area contributed by atoms with Crippen molar-refractivity contribution < 1.29 is 0 Å². The molecule has 0 spiro atoms. The summed E-state index contributed by atoms with van der Waals surface area (Å²) >= 11 is 11.5. The third kappa shape index (κ3) is 3.27. The van der Waals surface area contributed by atoms with Crippen molar-refractivity contribution in [2.45, 2.75) is 24.0 Å². The number of halogens is 2. The predicted octanol–water partition coefficient (Wildman–Crippen LogP) is 4.27. The molecule has 2 rings (SSSR count). The van der Waals surface area contributed by atoms with Gasteiger partial charge < -0.3 is 5.73 Å². The van der Waals surface area contributed by atoms with Gasteiger partial charge in [-0.1, -0.05) is 18.5 Å². The lowest BCUT2D eigenvalue weighted by Gasteiger charge is -2.06. The van der Waals surface area contributed by atoms with Gasteiger partial charge in [0.05, 0.1) is 20.9 Å². The van der Waals surface area contributed by atoms with E-state index in [4.69, 9.17) is 17.3 Å². The van der Waals surface area contributed by atoms with Crippen LogP contribution in [-0.4, -0.2) is 9.78 Å². The molecule has 0 bridgehead atoms. The molecular weight excluding hydrogens is 346 g/mol. The van der Waals surface area contributed by atoms with E-state index in [-0.39, 0.29) is 0 Å². The molecule has 1 aromatic carbocycles. The molecule has 0 saturated carbocycles. The van der Waals surface area contributed by atoms with Crippen molar-refractivity contribution in [3.8, 4) is 0 Å². The van der Waals surface area contributed by atoms with Crippen LogP contribution in [-0.2, 0) is 19.2 Å². The molecule has 19 heavy (non-hydrogen) atoms. The highest BCUT2D eigenvalue weighted by molar-refractivity contribution is 9.10. The zero-order chi connectivity index (χ0) is 14.0.